The Hall–Kier alpha value is -4.37. The van der Waals surface area contributed by atoms with Gasteiger partial charge in [0.15, 0.2) is 0 Å². The Morgan fingerprint density at radius 3 is 2.53 bits per heavy atom. The molecule has 0 saturated heterocycles. The first kappa shape index (κ1) is 30.1. The lowest BCUT2D eigenvalue weighted by Gasteiger charge is -2.37. The van der Waals surface area contributed by atoms with E-state index in [1.807, 2.05) is 6.07 Å². The number of carbonyl (C=O) groups is 1. The second-order valence-corrected chi connectivity index (χ2v) is 12.0. The Bertz CT molecular complexity index is 1710. The molecule has 0 spiro atoms. The molecule has 1 saturated carbocycles. The maximum absolute atomic E-state index is 13.7. The van der Waals surface area contributed by atoms with Gasteiger partial charge in [-0.05, 0) is 60.7 Å². The lowest BCUT2D eigenvalue weighted by molar-refractivity contribution is -0.883. The van der Waals surface area contributed by atoms with E-state index in [4.69, 9.17) is 4.74 Å². The molecule has 226 valence electrons. The molecule has 9 nitrogen and oxygen atoms in total. The molecule has 2 aliphatic rings. The van der Waals surface area contributed by atoms with Crippen LogP contribution in [0, 0.1) is 17.2 Å². The number of H-pyrrole nitrogens is 1. The van der Waals surface area contributed by atoms with Crippen molar-refractivity contribution >= 4 is 17.6 Å². The molecule has 43 heavy (non-hydrogen) atoms. The minimum absolute atomic E-state index is 0.0254. The fraction of sp³-hybridized carbons (Fsp3) is 0.419. The number of anilines is 2. The number of hydrogen-bond donors (Lipinski definition) is 1. The number of aromatic amines is 1. The van der Waals surface area contributed by atoms with Crippen molar-refractivity contribution in [1.29, 1.82) is 5.26 Å². The van der Waals surface area contributed by atoms with E-state index >= 15 is 0 Å². The van der Waals surface area contributed by atoms with Crippen LogP contribution in [0.3, 0.4) is 0 Å². The highest BCUT2D eigenvalue weighted by Crippen LogP contribution is 2.52. The molecule has 2 heterocycles. The molecule has 0 bridgehead atoms. The molecule has 5 rings (SSSR count). The van der Waals surface area contributed by atoms with Gasteiger partial charge in [0.05, 0.1) is 57.1 Å². The predicted octanol–water partition coefficient (Wildman–Crippen LogP) is 5.24. The van der Waals surface area contributed by atoms with Gasteiger partial charge in [0, 0.05) is 23.7 Å². The molecular weight excluding hydrogens is 561 g/mol. The van der Waals surface area contributed by atoms with Crippen molar-refractivity contribution in [3.63, 3.8) is 0 Å². The standard InChI is InChI=1S/C31H33F3N6O3/c1-7-21(24-15-25(24)40(3,4)5)23-13-18(16-35)11-12-22(23)27-26(28(41)43-6)17(2)38(29-36-37-30(42)39(27)29)20-10-8-9-19(14-20)31(32,33)34/h8-14,21,24-25,27H,7,15H2,1-6H3/p+1/t21?,24?,25?,27-/m1/s1. The molecule has 12 heteroatoms. The maximum Gasteiger partial charge on any atom is 0.416 e. The Kier molecular flexibility index (Phi) is 7.50. The van der Waals surface area contributed by atoms with Crippen LogP contribution in [0.25, 0.3) is 0 Å². The van der Waals surface area contributed by atoms with Crippen LogP contribution >= 0.6 is 0 Å². The number of carbonyl (C=O) groups excluding carboxylic acids is 1. The summed E-state index contributed by atoms with van der Waals surface area (Å²) in [5, 5.41) is 16.4. The average Bonchev–Trinajstić information content (AvgIpc) is 3.68. The number of benzene rings is 2. The van der Waals surface area contributed by atoms with Gasteiger partial charge in [-0.15, -0.1) is 5.10 Å². The smallest absolute Gasteiger partial charge is 0.416 e. The van der Waals surface area contributed by atoms with Crippen LogP contribution in [0.5, 0.6) is 0 Å². The number of halogens is 3. The van der Waals surface area contributed by atoms with Gasteiger partial charge in [0.25, 0.3) is 0 Å². The lowest BCUT2D eigenvalue weighted by Crippen LogP contribution is -2.39. The average molecular weight is 596 g/mol. The third-order valence-electron chi connectivity index (χ3n) is 8.65. The van der Waals surface area contributed by atoms with Gasteiger partial charge < -0.3 is 9.22 Å². The van der Waals surface area contributed by atoms with Gasteiger partial charge in [0.1, 0.15) is 6.04 Å². The Labute approximate surface area is 247 Å². The zero-order chi connectivity index (χ0) is 31.4. The van der Waals surface area contributed by atoms with Crippen molar-refractivity contribution in [2.24, 2.45) is 5.92 Å². The third kappa shape index (κ3) is 5.22. The molecule has 0 amide bonds. The van der Waals surface area contributed by atoms with E-state index in [-0.39, 0.29) is 28.8 Å². The fourth-order valence-corrected chi connectivity index (χ4v) is 6.57. The summed E-state index contributed by atoms with van der Waals surface area (Å²) < 4.78 is 48.2. The first-order valence-corrected chi connectivity index (χ1v) is 14.0. The van der Waals surface area contributed by atoms with Gasteiger partial charge >= 0.3 is 17.8 Å². The van der Waals surface area contributed by atoms with E-state index in [1.165, 1.54) is 28.7 Å². The van der Waals surface area contributed by atoms with Crippen molar-refractivity contribution in [2.45, 2.75) is 50.9 Å². The summed E-state index contributed by atoms with van der Waals surface area (Å²) in [6.07, 6.45) is -2.86. The van der Waals surface area contributed by atoms with Crippen LogP contribution in [0.15, 0.2) is 58.5 Å². The van der Waals surface area contributed by atoms with E-state index in [0.29, 0.717) is 23.1 Å². The van der Waals surface area contributed by atoms with Crippen LogP contribution in [0.4, 0.5) is 24.8 Å². The number of nitrogens with zero attached hydrogens (tertiary/aromatic N) is 5. The van der Waals surface area contributed by atoms with Gasteiger partial charge in [-0.25, -0.2) is 19.3 Å². The number of alkyl halides is 3. The summed E-state index contributed by atoms with van der Waals surface area (Å²) in [5.74, 6) is -0.372. The molecule has 1 aliphatic heterocycles. The van der Waals surface area contributed by atoms with E-state index in [0.717, 1.165) is 35.0 Å². The minimum Gasteiger partial charge on any atom is -0.466 e. The topological polar surface area (TPSA) is 104 Å². The quantitative estimate of drug-likeness (QED) is 0.296. The number of aromatic nitrogens is 3. The molecule has 1 aliphatic carbocycles. The largest absolute Gasteiger partial charge is 0.466 e. The molecule has 4 atom stereocenters. The summed E-state index contributed by atoms with van der Waals surface area (Å²) >= 11 is 0. The van der Waals surface area contributed by atoms with Gasteiger partial charge in [-0.1, -0.05) is 19.1 Å². The molecule has 0 radical (unpaired) electrons. The number of fused-ring (bicyclic) bond motifs is 1. The number of nitrogens with one attached hydrogen (secondary N) is 1. The number of quaternary nitrogens is 1. The van der Waals surface area contributed by atoms with E-state index in [9.17, 15) is 28.0 Å². The number of ether oxygens (including phenoxy) is 1. The summed E-state index contributed by atoms with van der Waals surface area (Å²) in [6, 6.07) is 11.4. The van der Waals surface area contributed by atoms with Crippen molar-refractivity contribution in [1.82, 2.24) is 14.8 Å². The van der Waals surface area contributed by atoms with Gasteiger partial charge in [-0.3, -0.25) is 4.90 Å². The zero-order valence-electron chi connectivity index (χ0n) is 24.9. The van der Waals surface area contributed by atoms with Crippen molar-refractivity contribution < 1.29 is 27.2 Å². The SMILES string of the molecule is CCC(c1cc(C#N)ccc1[C@@H]1C(C(=O)OC)=C(C)N(c2cccc(C(F)(F)F)c2)c2n[nH]c(=O)n21)C1CC1[N+](C)(C)C. The molecule has 2 aromatic carbocycles. The number of methoxy groups -OCH3 is 1. The first-order valence-electron chi connectivity index (χ1n) is 14.0. The monoisotopic (exact) mass is 595 g/mol. The second-order valence-electron chi connectivity index (χ2n) is 12.0. The van der Waals surface area contributed by atoms with Gasteiger partial charge in [0.2, 0.25) is 5.95 Å². The molecule has 3 aromatic rings. The normalized spacial score (nSPS) is 20.8. The number of allylic oxidation sites excluding steroid dienone is 1. The Balaban J connectivity index is 1.76. The van der Waals surface area contributed by atoms with E-state index in [2.05, 4.69) is 44.3 Å². The minimum atomic E-state index is -4.61. The van der Waals surface area contributed by atoms with E-state index in [1.54, 1.807) is 19.1 Å². The van der Waals surface area contributed by atoms with Crippen LogP contribution in [0.2, 0.25) is 0 Å². The number of hydrogen-bond acceptors (Lipinski definition) is 6. The summed E-state index contributed by atoms with van der Waals surface area (Å²) in [6.45, 7) is 3.67. The Morgan fingerprint density at radius 1 is 1.23 bits per heavy atom. The molecule has 1 N–H and O–H groups in total. The number of nitriles is 1. The molecule has 1 fully saturated rings. The maximum atomic E-state index is 13.7. The summed E-state index contributed by atoms with van der Waals surface area (Å²) in [4.78, 5) is 28.3. The second kappa shape index (κ2) is 10.7. The summed E-state index contributed by atoms with van der Waals surface area (Å²) in [7, 11) is 7.65. The van der Waals surface area contributed by atoms with Crippen molar-refractivity contribution in [2.75, 3.05) is 33.2 Å². The predicted molar refractivity (Wildman–Crippen MR) is 153 cm³/mol. The molecule has 1 aromatic heterocycles. The van der Waals surface area contributed by atoms with Crippen LogP contribution in [-0.2, 0) is 15.7 Å². The first-order chi connectivity index (χ1) is 20.2. The van der Waals surface area contributed by atoms with Crippen LogP contribution < -0.4 is 10.6 Å². The highest BCUT2D eigenvalue weighted by Gasteiger charge is 2.52. The zero-order valence-corrected chi connectivity index (χ0v) is 24.9. The van der Waals surface area contributed by atoms with Crippen LogP contribution in [0.1, 0.15) is 60.9 Å². The van der Waals surface area contributed by atoms with Crippen LogP contribution in [-0.4, -0.2) is 59.5 Å². The summed E-state index contributed by atoms with van der Waals surface area (Å²) in [5.41, 5.74) is 0.797. The highest BCUT2D eigenvalue weighted by atomic mass is 19.4. The van der Waals surface area contributed by atoms with Crippen molar-refractivity contribution in [3.05, 3.63) is 86.5 Å². The molecular formula is C31H34F3N6O3+. The number of rotatable bonds is 7. The number of esters is 1. The van der Waals surface area contributed by atoms with Crippen molar-refractivity contribution in [3.8, 4) is 6.07 Å². The third-order valence-corrected chi connectivity index (χ3v) is 8.65. The Morgan fingerprint density at radius 2 is 1.95 bits per heavy atom. The van der Waals surface area contributed by atoms with Gasteiger partial charge in [-0.2, -0.15) is 18.4 Å². The lowest BCUT2D eigenvalue weighted by atomic mass is 9.82. The highest BCUT2D eigenvalue weighted by molar-refractivity contribution is 5.93. The molecule has 3 unspecified atom stereocenters. The van der Waals surface area contributed by atoms with E-state index < -0.39 is 29.4 Å². The fourth-order valence-electron chi connectivity index (χ4n) is 6.57.